The molecule has 0 fully saturated rings. The Balaban J connectivity index is 3.64. The quantitative estimate of drug-likeness (QED) is 0.551. The Kier molecular flexibility index (Phi) is 12.1. The summed E-state index contributed by atoms with van der Waals surface area (Å²) in [4.78, 5) is 14.0. The van der Waals surface area contributed by atoms with Crippen molar-refractivity contribution in [3.63, 3.8) is 0 Å². The number of hydrogen-bond donors (Lipinski definition) is 1. The standard InChI is InChI=1S/C16H34N2O/c1-4-6-7-8-9-10-11-12-16(19)18(5-2)14-15(3)13-17/h15H,4-14,17H2,1-3H3. The van der Waals surface area contributed by atoms with Crippen molar-refractivity contribution in [1.82, 2.24) is 4.90 Å². The van der Waals surface area contributed by atoms with E-state index in [1.165, 1.54) is 38.5 Å². The SMILES string of the molecule is CCCCCCCCCC(=O)N(CC)CC(C)CN. The van der Waals surface area contributed by atoms with E-state index in [9.17, 15) is 4.79 Å². The Morgan fingerprint density at radius 1 is 1.05 bits per heavy atom. The zero-order valence-corrected chi connectivity index (χ0v) is 13.3. The van der Waals surface area contributed by atoms with Crippen molar-refractivity contribution in [2.24, 2.45) is 11.7 Å². The van der Waals surface area contributed by atoms with Crippen LogP contribution in [0, 0.1) is 5.92 Å². The molecular formula is C16H34N2O. The Morgan fingerprint density at radius 3 is 2.16 bits per heavy atom. The third-order valence-corrected chi connectivity index (χ3v) is 3.66. The molecule has 0 spiro atoms. The number of hydrogen-bond acceptors (Lipinski definition) is 2. The van der Waals surface area contributed by atoms with Crippen molar-refractivity contribution in [2.45, 2.75) is 72.1 Å². The lowest BCUT2D eigenvalue weighted by Gasteiger charge is -2.24. The van der Waals surface area contributed by atoms with Crippen molar-refractivity contribution in [2.75, 3.05) is 19.6 Å². The van der Waals surface area contributed by atoms with Crippen molar-refractivity contribution >= 4 is 5.91 Å². The molecule has 0 radical (unpaired) electrons. The van der Waals surface area contributed by atoms with Crippen LogP contribution in [0.2, 0.25) is 0 Å². The van der Waals surface area contributed by atoms with E-state index >= 15 is 0 Å². The number of carbonyl (C=O) groups excluding carboxylic acids is 1. The highest BCUT2D eigenvalue weighted by Gasteiger charge is 2.13. The maximum absolute atomic E-state index is 12.0. The smallest absolute Gasteiger partial charge is 0.222 e. The van der Waals surface area contributed by atoms with E-state index in [2.05, 4.69) is 13.8 Å². The third kappa shape index (κ3) is 9.94. The second-order valence-corrected chi connectivity index (χ2v) is 5.64. The minimum absolute atomic E-state index is 0.302. The molecule has 1 unspecified atom stereocenters. The summed E-state index contributed by atoms with van der Waals surface area (Å²) < 4.78 is 0. The zero-order chi connectivity index (χ0) is 14.5. The van der Waals surface area contributed by atoms with Gasteiger partial charge < -0.3 is 10.6 Å². The minimum Gasteiger partial charge on any atom is -0.343 e. The van der Waals surface area contributed by atoms with Gasteiger partial charge in [-0.3, -0.25) is 4.79 Å². The molecule has 19 heavy (non-hydrogen) atoms. The molecule has 0 aromatic heterocycles. The first kappa shape index (κ1) is 18.4. The number of carbonyl (C=O) groups is 1. The Hall–Kier alpha value is -0.570. The van der Waals surface area contributed by atoms with Crippen LogP contribution in [0.25, 0.3) is 0 Å². The molecule has 0 heterocycles. The number of amides is 1. The second-order valence-electron chi connectivity index (χ2n) is 5.64. The fraction of sp³-hybridized carbons (Fsp3) is 0.938. The summed E-state index contributed by atoms with van der Waals surface area (Å²) in [5, 5.41) is 0. The Morgan fingerprint density at radius 2 is 1.63 bits per heavy atom. The van der Waals surface area contributed by atoms with E-state index < -0.39 is 0 Å². The normalized spacial score (nSPS) is 12.4. The molecule has 0 aromatic carbocycles. The number of rotatable bonds is 12. The highest BCUT2D eigenvalue weighted by Crippen LogP contribution is 2.10. The highest BCUT2D eigenvalue weighted by atomic mass is 16.2. The average molecular weight is 270 g/mol. The molecule has 114 valence electrons. The van der Waals surface area contributed by atoms with Crippen LogP contribution >= 0.6 is 0 Å². The van der Waals surface area contributed by atoms with Crippen molar-refractivity contribution in [3.8, 4) is 0 Å². The molecule has 0 aliphatic rings. The molecule has 0 aliphatic carbocycles. The van der Waals surface area contributed by atoms with Crippen LogP contribution in [-0.4, -0.2) is 30.4 Å². The van der Waals surface area contributed by atoms with Crippen LogP contribution in [0.4, 0.5) is 0 Å². The fourth-order valence-corrected chi connectivity index (χ4v) is 2.25. The lowest BCUT2D eigenvalue weighted by Crippen LogP contribution is -2.36. The summed E-state index contributed by atoms with van der Waals surface area (Å²) in [7, 11) is 0. The summed E-state index contributed by atoms with van der Waals surface area (Å²) in [6, 6.07) is 0. The first-order valence-corrected chi connectivity index (χ1v) is 8.13. The van der Waals surface area contributed by atoms with E-state index in [1.54, 1.807) is 0 Å². The van der Waals surface area contributed by atoms with E-state index in [0.29, 0.717) is 24.8 Å². The van der Waals surface area contributed by atoms with Crippen LogP contribution < -0.4 is 5.73 Å². The molecule has 3 heteroatoms. The van der Waals surface area contributed by atoms with E-state index in [0.717, 1.165) is 19.5 Å². The molecule has 0 aromatic rings. The second kappa shape index (κ2) is 12.5. The average Bonchev–Trinajstić information content (AvgIpc) is 2.43. The van der Waals surface area contributed by atoms with E-state index in [-0.39, 0.29) is 0 Å². The molecule has 0 bridgehead atoms. The van der Waals surface area contributed by atoms with Crippen LogP contribution in [0.15, 0.2) is 0 Å². The molecule has 1 amide bonds. The summed E-state index contributed by atoms with van der Waals surface area (Å²) in [6.07, 6.45) is 9.53. The van der Waals surface area contributed by atoms with Crippen LogP contribution in [0.3, 0.4) is 0 Å². The highest BCUT2D eigenvalue weighted by molar-refractivity contribution is 5.76. The van der Waals surface area contributed by atoms with Gasteiger partial charge in [-0.2, -0.15) is 0 Å². The van der Waals surface area contributed by atoms with Crippen molar-refractivity contribution in [3.05, 3.63) is 0 Å². The van der Waals surface area contributed by atoms with Gasteiger partial charge in [0.25, 0.3) is 0 Å². The Labute approximate surface area is 119 Å². The topological polar surface area (TPSA) is 46.3 Å². The van der Waals surface area contributed by atoms with Crippen LogP contribution in [0.1, 0.15) is 72.1 Å². The zero-order valence-electron chi connectivity index (χ0n) is 13.3. The van der Waals surface area contributed by atoms with Gasteiger partial charge in [-0.1, -0.05) is 52.4 Å². The monoisotopic (exact) mass is 270 g/mol. The molecule has 0 saturated heterocycles. The predicted molar refractivity (Wildman–Crippen MR) is 83.1 cm³/mol. The molecular weight excluding hydrogens is 236 g/mol. The maximum atomic E-state index is 12.0. The molecule has 0 saturated carbocycles. The van der Waals surface area contributed by atoms with Gasteiger partial charge in [-0.25, -0.2) is 0 Å². The van der Waals surface area contributed by atoms with Crippen molar-refractivity contribution in [1.29, 1.82) is 0 Å². The number of unbranched alkanes of at least 4 members (excludes halogenated alkanes) is 6. The van der Waals surface area contributed by atoms with Gasteiger partial charge in [0.05, 0.1) is 0 Å². The number of nitrogens with zero attached hydrogens (tertiary/aromatic N) is 1. The number of nitrogens with two attached hydrogens (primary N) is 1. The molecule has 0 rings (SSSR count). The molecule has 0 aliphatic heterocycles. The third-order valence-electron chi connectivity index (χ3n) is 3.66. The summed E-state index contributed by atoms with van der Waals surface area (Å²) >= 11 is 0. The van der Waals surface area contributed by atoms with E-state index in [1.807, 2.05) is 11.8 Å². The minimum atomic E-state index is 0.302. The van der Waals surface area contributed by atoms with Crippen LogP contribution in [0.5, 0.6) is 0 Å². The molecule has 2 N–H and O–H groups in total. The van der Waals surface area contributed by atoms with Gasteiger partial charge in [0, 0.05) is 19.5 Å². The van der Waals surface area contributed by atoms with Gasteiger partial charge in [0.2, 0.25) is 5.91 Å². The lowest BCUT2D eigenvalue weighted by atomic mass is 10.1. The first-order valence-electron chi connectivity index (χ1n) is 8.13. The van der Waals surface area contributed by atoms with Crippen LogP contribution in [-0.2, 0) is 4.79 Å². The largest absolute Gasteiger partial charge is 0.343 e. The summed E-state index contributed by atoms with van der Waals surface area (Å²) in [5.74, 6) is 0.703. The molecule has 1 atom stereocenters. The fourth-order valence-electron chi connectivity index (χ4n) is 2.25. The predicted octanol–water partition coefficient (Wildman–Crippen LogP) is 3.57. The molecule has 3 nitrogen and oxygen atoms in total. The van der Waals surface area contributed by atoms with Gasteiger partial charge in [-0.15, -0.1) is 0 Å². The first-order chi connectivity index (χ1) is 9.15. The van der Waals surface area contributed by atoms with Gasteiger partial charge in [0.15, 0.2) is 0 Å². The maximum Gasteiger partial charge on any atom is 0.222 e. The van der Waals surface area contributed by atoms with E-state index in [4.69, 9.17) is 5.73 Å². The summed E-state index contributed by atoms with van der Waals surface area (Å²) in [6.45, 7) is 8.65. The van der Waals surface area contributed by atoms with Crippen molar-refractivity contribution < 1.29 is 4.79 Å². The van der Waals surface area contributed by atoms with Gasteiger partial charge >= 0.3 is 0 Å². The van der Waals surface area contributed by atoms with Gasteiger partial charge in [-0.05, 0) is 25.8 Å². The summed E-state index contributed by atoms with van der Waals surface area (Å²) in [5.41, 5.74) is 5.62. The van der Waals surface area contributed by atoms with Gasteiger partial charge in [0.1, 0.15) is 0 Å². The lowest BCUT2D eigenvalue weighted by molar-refractivity contribution is -0.131. The Bertz CT molecular complexity index is 219.